The predicted octanol–water partition coefficient (Wildman–Crippen LogP) is 1.46. The van der Waals surface area contributed by atoms with Crippen LogP contribution in [-0.2, 0) is 0 Å². The summed E-state index contributed by atoms with van der Waals surface area (Å²) in [7, 11) is 0. The Morgan fingerprint density at radius 3 is 2.40 bits per heavy atom. The lowest BCUT2D eigenvalue weighted by Crippen LogP contribution is -2.21. The van der Waals surface area contributed by atoms with Crippen molar-refractivity contribution in [2.45, 2.75) is 19.8 Å². The van der Waals surface area contributed by atoms with Gasteiger partial charge in [0.2, 0.25) is 0 Å². The van der Waals surface area contributed by atoms with Gasteiger partial charge in [0, 0.05) is 4.88 Å². The minimum absolute atomic E-state index is 0.275. The third-order valence-electron chi connectivity index (χ3n) is 1.82. The van der Waals surface area contributed by atoms with Crippen LogP contribution in [0.3, 0.4) is 0 Å². The molecule has 0 saturated carbocycles. The van der Waals surface area contributed by atoms with Crippen molar-refractivity contribution in [2.24, 2.45) is 11.5 Å². The summed E-state index contributed by atoms with van der Waals surface area (Å²) in [4.78, 5) is 22.7. The zero-order chi connectivity index (χ0) is 11.6. The quantitative estimate of drug-likeness (QED) is 0.728. The van der Waals surface area contributed by atoms with Crippen molar-refractivity contribution in [2.75, 3.05) is 5.32 Å². The van der Waals surface area contributed by atoms with Gasteiger partial charge in [0.15, 0.2) is 0 Å². The molecule has 0 bridgehead atoms. The molecule has 6 heteroatoms. The minimum Gasteiger partial charge on any atom is -0.366 e. The van der Waals surface area contributed by atoms with Crippen LogP contribution in [0.1, 0.15) is 35.0 Å². The Hall–Kier alpha value is -1.56. The van der Waals surface area contributed by atoms with E-state index in [1.807, 2.05) is 13.8 Å². The van der Waals surface area contributed by atoms with Crippen LogP contribution in [0.15, 0.2) is 6.07 Å². The van der Waals surface area contributed by atoms with Crippen molar-refractivity contribution < 1.29 is 9.59 Å². The zero-order valence-electron chi connectivity index (χ0n) is 8.53. The SMILES string of the molecule is CC(C)c1cc(C(N)=O)c(NC(N)=O)s1. The predicted molar refractivity (Wildman–Crippen MR) is 60.1 cm³/mol. The summed E-state index contributed by atoms with van der Waals surface area (Å²) in [5, 5.41) is 2.80. The number of nitrogens with one attached hydrogen (secondary N) is 1. The van der Waals surface area contributed by atoms with Gasteiger partial charge in [-0.25, -0.2) is 4.79 Å². The monoisotopic (exact) mass is 227 g/mol. The molecule has 0 fully saturated rings. The molecule has 1 aromatic rings. The lowest BCUT2D eigenvalue weighted by molar-refractivity contribution is 0.100. The summed E-state index contributed by atoms with van der Waals surface area (Å²) in [6, 6.07) is 0.984. The summed E-state index contributed by atoms with van der Waals surface area (Å²) in [6.07, 6.45) is 0. The van der Waals surface area contributed by atoms with Gasteiger partial charge in [-0.2, -0.15) is 0 Å². The Morgan fingerprint density at radius 2 is 2.00 bits per heavy atom. The highest BCUT2D eigenvalue weighted by Gasteiger charge is 2.16. The van der Waals surface area contributed by atoms with Gasteiger partial charge in [0.05, 0.1) is 5.56 Å². The number of amides is 3. The summed E-state index contributed by atoms with van der Waals surface area (Å²) in [5.41, 5.74) is 10.5. The number of thiophene rings is 1. The molecule has 15 heavy (non-hydrogen) atoms. The average Bonchev–Trinajstić information content (AvgIpc) is 2.46. The number of nitrogens with two attached hydrogens (primary N) is 2. The summed E-state index contributed by atoms with van der Waals surface area (Å²) in [5.74, 6) is -0.293. The van der Waals surface area contributed by atoms with E-state index in [4.69, 9.17) is 11.5 Å². The van der Waals surface area contributed by atoms with Gasteiger partial charge in [-0.1, -0.05) is 13.8 Å². The first-order valence-corrected chi connectivity index (χ1v) is 5.23. The van der Waals surface area contributed by atoms with E-state index in [2.05, 4.69) is 5.32 Å². The van der Waals surface area contributed by atoms with Crippen LogP contribution in [0.2, 0.25) is 0 Å². The molecule has 0 spiro atoms. The molecule has 3 amide bonds. The van der Waals surface area contributed by atoms with Crippen LogP contribution in [0, 0.1) is 0 Å². The van der Waals surface area contributed by atoms with Gasteiger partial charge < -0.3 is 11.5 Å². The topological polar surface area (TPSA) is 98.2 Å². The first kappa shape index (κ1) is 11.5. The van der Waals surface area contributed by atoms with Crippen molar-refractivity contribution in [3.8, 4) is 0 Å². The second-order valence-electron chi connectivity index (χ2n) is 3.40. The van der Waals surface area contributed by atoms with E-state index in [-0.39, 0.29) is 5.92 Å². The van der Waals surface area contributed by atoms with Crippen LogP contribution >= 0.6 is 11.3 Å². The fraction of sp³-hybridized carbons (Fsp3) is 0.333. The standard InChI is InChI=1S/C9H13N3O2S/c1-4(2)6-3-5(7(10)13)8(15-6)12-9(11)14/h3-4H,1-2H3,(H2,10,13)(H3,11,12,14). The lowest BCUT2D eigenvalue weighted by atomic mass is 10.1. The fourth-order valence-corrected chi connectivity index (χ4v) is 2.15. The van der Waals surface area contributed by atoms with Gasteiger partial charge in [-0.05, 0) is 12.0 Å². The highest BCUT2D eigenvalue weighted by atomic mass is 32.1. The number of carbonyl (C=O) groups is 2. The van der Waals surface area contributed by atoms with Crippen LogP contribution in [0.5, 0.6) is 0 Å². The second-order valence-corrected chi connectivity index (χ2v) is 4.48. The third-order valence-corrected chi connectivity index (χ3v) is 3.17. The number of hydrogen-bond acceptors (Lipinski definition) is 3. The molecule has 0 radical (unpaired) electrons. The fourth-order valence-electron chi connectivity index (χ4n) is 1.08. The summed E-state index contributed by atoms with van der Waals surface area (Å²) >= 11 is 1.31. The molecular weight excluding hydrogens is 214 g/mol. The second kappa shape index (κ2) is 4.31. The molecule has 5 nitrogen and oxygen atoms in total. The van der Waals surface area contributed by atoms with Crippen molar-refractivity contribution >= 4 is 28.3 Å². The van der Waals surface area contributed by atoms with E-state index in [9.17, 15) is 9.59 Å². The maximum atomic E-state index is 11.1. The van der Waals surface area contributed by atoms with Crippen LogP contribution in [0.25, 0.3) is 0 Å². The van der Waals surface area contributed by atoms with Gasteiger partial charge in [0.25, 0.3) is 5.91 Å². The van der Waals surface area contributed by atoms with Gasteiger partial charge >= 0.3 is 6.03 Å². The van der Waals surface area contributed by atoms with E-state index < -0.39 is 11.9 Å². The first-order chi connectivity index (χ1) is 6.91. The van der Waals surface area contributed by atoms with E-state index >= 15 is 0 Å². The first-order valence-electron chi connectivity index (χ1n) is 4.41. The molecule has 0 unspecified atom stereocenters. The summed E-state index contributed by atoms with van der Waals surface area (Å²) < 4.78 is 0. The average molecular weight is 227 g/mol. The Morgan fingerprint density at radius 1 is 1.40 bits per heavy atom. The van der Waals surface area contributed by atoms with Gasteiger partial charge in [-0.15, -0.1) is 11.3 Å². The molecule has 0 atom stereocenters. The van der Waals surface area contributed by atoms with Crippen molar-refractivity contribution in [3.05, 3.63) is 16.5 Å². The number of primary amides is 2. The number of urea groups is 1. The number of rotatable bonds is 3. The van der Waals surface area contributed by atoms with E-state index in [0.717, 1.165) is 4.88 Å². The molecule has 0 aliphatic rings. The number of hydrogen-bond donors (Lipinski definition) is 3. The molecule has 1 heterocycles. The van der Waals surface area contributed by atoms with Crippen LogP contribution in [0.4, 0.5) is 9.80 Å². The van der Waals surface area contributed by atoms with E-state index in [1.165, 1.54) is 11.3 Å². The largest absolute Gasteiger partial charge is 0.366 e. The van der Waals surface area contributed by atoms with Crippen molar-refractivity contribution in [3.63, 3.8) is 0 Å². The van der Waals surface area contributed by atoms with E-state index in [1.54, 1.807) is 6.07 Å². The Labute approximate surface area is 91.4 Å². The number of carbonyl (C=O) groups excluding carboxylic acids is 2. The zero-order valence-corrected chi connectivity index (χ0v) is 9.35. The Balaban J connectivity index is 3.11. The number of anilines is 1. The highest BCUT2D eigenvalue weighted by molar-refractivity contribution is 7.16. The summed E-state index contributed by atoms with van der Waals surface area (Å²) in [6.45, 7) is 3.98. The molecular formula is C9H13N3O2S. The Kier molecular flexibility index (Phi) is 3.31. The van der Waals surface area contributed by atoms with E-state index in [0.29, 0.717) is 10.6 Å². The lowest BCUT2D eigenvalue weighted by Gasteiger charge is -1.99. The normalized spacial score (nSPS) is 10.3. The van der Waals surface area contributed by atoms with Gasteiger partial charge in [0.1, 0.15) is 5.00 Å². The molecule has 5 N–H and O–H groups in total. The minimum atomic E-state index is -0.699. The van der Waals surface area contributed by atoms with Crippen molar-refractivity contribution in [1.82, 2.24) is 0 Å². The third kappa shape index (κ3) is 2.69. The Bertz CT molecular complexity index is 398. The molecule has 0 saturated heterocycles. The molecule has 0 aromatic carbocycles. The molecule has 0 aliphatic carbocycles. The van der Waals surface area contributed by atoms with Crippen molar-refractivity contribution in [1.29, 1.82) is 0 Å². The van der Waals surface area contributed by atoms with Crippen LogP contribution in [-0.4, -0.2) is 11.9 Å². The maximum Gasteiger partial charge on any atom is 0.317 e. The highest BCUT2D eigenvalue weighted by Crippen LogP contribution is 2.32. The van der Waals surface area contributed by atoms with Crippen LogP contribution < -0.4 is 16.8 Å². The smallest absolute Gasteiger partial charge is 0.317 e. The molecule has 1 aromatic heterocycles. The molecule has 1 rings (SSSR count). The van der Waals surface area contributed by atoms with Gasteiger partial charge in [-0.3, -0.25) is 10.1 Å². The maximum absolute atomic E-state index is 11.1. The molecule has 82 valence electrons. The molecule has 0 aliphatic heterocycles.